The first-order valence-corrected chi connectivity index (χ1v) is 15.5. The van der Waals surface area contributed by atoms with Gasteiger partial charge in [-0.05, 0) is 31.0 Å². The van der Waals surface area contributed by atoms with E-state index in [0.29, 0.717) is 55.8 Å². The number of carbonyl (C=O) groups is 2. The van der Waals surface area contributed by atoms with Gasteiger partial charge in [0.05, 0.1) is 79.1 Å². The molecule has 0 saturated heterocycles. The van der Waals surface area contributed by atoms with Crippen molar-refractivity contribution in [3.05, 3.63) is 52.1 Å². The predicted octanol–water partition coefficient (Wildman–Crippen LogP) is 2.21. The van der Waals surface area contributed by atoms with Crippen molar-refractivity contribution >= 4 is 11.6 Å². The van der Waals surface area contributed by atoms with Crippen LogP contribution >= 0.6 is 0 Å². The van der Waals surface area contributed by atoms with E-state index in [1.807, 2.05) is 12.1 Å². The third-order valence-corrected chi connectivity index (χ3v) is 8.11. The number of ketones is 2. The Morgan fingerprint density at radius 3 is 1.89 bits per heavy atom. The Labute approximate surface area is 279 Å². The minimum Gasteiger partial charge on any atom is -1.00 e. The van der Waals surface area contributed by atoms with Crippen LogP contribution in [0.15, 0.2) is 24.3 Å². The van der Waals surface area contributed by atoms with E-state index in [-0.39, 0.29) is 58.8 Å². The molecule has 2 aromatic rings. The maximum Gasteiger partial charge on any atom is 0.201 e. The molecular formula is C34H50INO8. The highest BCUT2D eigenvalue weighted by molar-refractivity contribution is 6.30. The topological polar surface area (TPSA) is 101 Å². The van der Waals surface area contributed by atoms with Gasteiger partial charge in [-0.2, -0.15) is 0 Å². The highest BCUT2D eigenvalue weighted by Crippen LogP contribution is 2.40. The Kier molecular flexibility index (Phi) is 16.6. The van der Waals surface area contributed by atoms with Gasteiger partial charge in [0.15, 0.2) is 5.78 Å². The summed E-state index contributed by atoms with van der Waals surface area (Å²) < 4.78 is 28.5. The first kappa shape index (κ1) is 37.9. The number of fused-ring (bicyclic) bond motifs is 2. The molecule has 0 aromatic heterocycles. The number of ether oxygens (including phenoxy) is 5. The summed E-state index contributed by atoms with van der Waals surface area (Å²) in [6.45, 7) is 6.39. The molecule has 0 spiro atoms. The molecule has 1 aliphatic carbocycles. The molecule has 44 heavy (non-hydrogen) atoms. The van der Waals surface area contributed by atoms with Crippen LogP contribution in [-0.2, 0) is 16.0 Å². The molecule has 0 bridgehead atoms. The molecule has 1 unspecified atom stereocenters. The van der Waals surface area contributed by atoms with E-state index in [1.165, 1.54) is 59.9 Å². The number of methoxy groups -OCH3 is 3. The number of halogens is 1. The van der Waals surface area contributed by atoms with E-state index < -0.39 is 0 Å². The second-order valence-electron chi connectivity index (χ2n) is 11.4. The van der Waals surface area contributed by atoms with Crippen LogP contribution in [-0.4, -0.2) is 95.7 Å². The second kappa shape index (κ2) is 19.3. The maximum absolute atomic E-state index is 13.8. The van der Waals surface area contributed by atoms with Crippen molar-refractivity contribution in [1.29, 1.82) is 0 Å². The van der Waals surface area contributed by atoms with Gasteiger partial charge in [-0.25, -0.2) is 0 Å². The van der Waals surface area contributed by atoms with Crippen LogP contribution in [0.4, 0.5) is 0 Å². The van der Waals surface area contributed by atoms with E-state index in [9.17, 15) is 9.59 Å². The molecule has 0 aliphatic heterocycles. The van der Waals surface area contributed by atoms with Crippen LogP contribution < -0.4 is 38.2 Å². The summed E-state index contributed by atoms with van der Waals surface area (Å²) in [6.07, 6.45) is 8.59. The number of aliphatic hydroxyl groups excluding tert-OH is 1. The van der Waals surface area contributed by atoms with Gasteiger partial charge in [0, 0.05) is 22.8 Å². The van der Waals surface area contributed by atoms with Gasteiger partial charge in [-0.15, -0.1) is 0 Å². The fourth-order valence-electron chi connectivity index (χ4n) is 5.72. The molecule has 1 N–H and O–H groups in total. The summed E-state index contributed by atoms with van der Waals surface area (Å²) in [4.78, 5) is 27.6. The summed E-state index contributed by atoms with van der Waals surface area (Å²) >= 11 is 0. The number of benzene rings is 2. The lowest BCUT2D eigenvalue weighted by molar-refractivity contribution is -0.923. The first-order valence-electron chi connectivity index (χ1n) is 15.5. The molecule has 1 atom stereocenters. The van der Waals surface area contributed by atoms with Crippen molar-refractivity contribution in [1.82, 2.24) is 0 Å². The highest BCUT2D eigenvalue weighted by atomic mass is 127. The summed E-state index contributed by atoms with van der Waals surface area (Å²) in [7, 11) is 6.73. The standard InChI is InChI=1S/C34H50NO8.HI/c1-6-7-8-9-10-11-12-13-35(2,14-16-42-18-19-43-17-15-36)24-25-20-27-31(29(21-25)40-4)34(38)32-28(33(27)37)22-26(39-3)23-30(32)41-5;/h20-23,36H,6-19,24H2,1-5H3;1H/q+1;/p-1. The van der Waals surface area contributed by atoms with Crippen LogP contribution in [0.25, 0.3) is 0 Å². The van der Waals surface area contributed by atoms with Crippen molar-refractivity contribution in [2.45, 2.75) is 58.4 Å². The zero-order valence-corrected chi connectivity index (χ0v) is 29.2. The third kappa shape index (κ3) is 10.1. The third-order valence-electron chi connectivity index (χ3n) is 8.11. The summed E-state index contributed by atoms with van der Waals surface area (Å²) in [5.41, 5.74) is 2.02. The Bertz CT molecular complexity index is 1200. The molecule has 0 radical (unpaired) electrons. The van der Waals surface area contributed by atoms with Gasteiger partial charge in [0.25, 0.3) is 0 Å². The number of nitrogens with zero attached hydrogens (tertiary/aromatic N) is 1. The van der Waals surface area contributed by atoms with Gasteiger partial charge >= 0.3 is 0 Å². The molecule has 10 heteroatoms. The molecule has 1 aliphatic rings. The number of aliphatic hydroxyl groups is 1. The Morgan fingerprint density at radius 1 is 0.682 bits per heavy atom. The Hall–Kier alpha value is -2.25. The molecule has 0 amide bonds. The molecule has 2 aromatic carbocycles. The zero-order valence-electron chi connectivity index (χ0n) is 27.0. The van der Waals surface area contributed by atoms with Crippen LogP contribution in [0.2, 0.25) is 0 Å². The first-order chi connectivity index (χ1) is 20.8. The fourth-order valence-corrected chi connectivity index (χ4v) is 5.72. The van der Waals surface area contributed by atoms with Gasteiger partial charge in [0.1, 0.15) is 30.3 Å². The van der Waals surface area contributed by atoms with Crippen LogP contribution in [0, 0.1) is 0 Å². The number of likely N-dealkylation sites (N-methyl/N-ethyl adjacent to an activating group) is 1. The molecule has 0 heterocycles. The van der Waals surface area contributed by atoms with Crippen LogP contribution in [0.5, 0.6) is 17.2 Å². The van der Waals surface area contributed by atoms with Crippen molar-refractivity contribution in [3.63, 3.8) is 0 Å². The average molecular weight is 728 g/mol. The van der Waals surface area contributed by atoms with E-state index in [1.54, 1.807) is 12.1 Å². The predicted molar refractivity (Wildman–Crippen MR) is 166 cm³/mol. The Morgan fingerprint density at radius 2 is 1.27 bits per heavy atom. The van der Waals surface area contributed by atoms with Gasteiger partial charge in [-0.3, -0.25) is 9.59 Å². The lowest BCUT2D eigenvalue weighted by Crippen LogP contribution is -3.00. The SMILES string of the molecule is CCCCCCCCC[N+](C)(CCOCCOCCO)Cc1cc(OC)c2c(c1)C(=O)c1cc(OC)cc(OC)c1C2=O.[I-]. The van der Waals surface area contributed by atoms with Gasteiger partial charge in [-0.1, -0.05) is 39.0 Å². The largest absolute Gasteiger partial charge is 1.00 e. The average Bonchev–Trinajstić information content (AvgIpc) is 3.01. The molecule has 0 fully saturated rings. The highest BCUT2D eigenvalue weighted by Gasteiger charge is 2.36. The minimum absolute atomic E-state index is 0. The van der Waals surface area contributed by atoms with Crippen molar-refractivity contribution in [3.8, 4) is 17.2 Å². The fraction of sp³-hybridized carbons (Fsp3) is 0.588. The number of hydrogen-bond donors (Lipinski definition) is 1. The lowest BCUT2D eigenvalue weighted by atomic mass is 9.82. The quantitative estimate of drug-likeness (QED) is 0.101. The number of carbonyl (C=O) groups excluding carboxylic acids is 2. The molecule has 3 rings (SSSR count). The molecule has 246 valence electrons. The minimum atomic E-state index is -0.301. The van der Waals surface area contributed by atoms with E-state index in [2.05, 4.69) is 14.0 Å². The van der Waals surface area contributed by atoms with E-state index >= 15 is 0 Å². The van der Waals surface area contributed by atoms with Crippen molar-refractivity contribution in [2.24, 2.45) is 0 Å². The smallest absolute Gasteiger partial charge is 0.201 e. The second-order valence-corrected chi connectivity index (χ2v) is 11.4. The number of quaternary nitrogens is 1. The van der Waals surface area contributed by atoms with Crippen molar-refractivity contribution in [2.75, 3.05) is 74.5 Å². The summed E-state index contributed by atoms with van der Waals surface area (Å²) in [5, 5.41) is 8.89. The monoisotopic (exact) mass is 727 g/mol. The van der Waals surface area contributed by atoms with E-state index in [4.69, 9.17) is 28.8 Å². The van der Waals surface area contributed by atoms with Gasteiger partial charge < -0.3 is 57.3 Å². The number of hydrogen-bond acceptors (Lipinski definition) is 8. The Balaban J connectivity index is 0.00000675. The summed E-state index contributed by atoms with van der Waals surface area (Å²) in [6, 6.07) is 6.94. The normalized spacial score (nSPS) is 13.5. The maximum atomic E-state index is 13.8. The van der Waals surface area contributed by atoms with Crippen LogP contribution in [0.1, 0.15) is 89.3 Å². The lowest BCUT2D eigenvalue weighted by Gasteiger charge is -2.35. The van der Waals surface area contributed by atoms with Crippen molar-refractivity contribution < 1.29 is 66.8 Å². The molecule has 9 nitrogen and oxygen atoms in total. The number of unbranched alkanes of at least 4 members (excludes halogenated alkanes) is 6. The molecule has 0 saturated carbocycles. The van der Waals surface area contributed by atoms with E-state index in [0.717, 1.165) is 29.6 Å². The van der Waals surface area contributed by atoms with Gasteiger partial charge in [0.2, 0.25) is 5.78 Å². The summed E-state index contributed by atoms with van der Waals surface area (Å²) in [5.74, 6) is 0.572. The van der Waals surface area contributed by atoms with Crippen LogP contribution in [0.3, 0.4) is 0 Å². The zero-order chi connectivity index (χ0) is 31.2. The number of rotatable bonds is 21. The molecular weight excluding hydrogens is 677 g/mol.